The van der Waals surface area contributed by atoms with Gasteiger partial charge in [-0.25, -0.2) is 0 Å². The molecule has 1 atom stereocenters. The van der Waals surface area contributed by atoms with Gasteiger partial charge in [0.2, 0.25) is 0 Å². The molecule has 0 saturated heterocycles. The van der Waals surface area contributed by atoms with Gasteiger partial charge in [0, 0.05) is 0 Å². The van der Waals surface area contributed by atoms with Gasteiger partial charge >= 0.3 is 11.9 Å². The predicted octanol–water partition coefficient (Wildman–Crippen LogP) is 4.81. The lowest BCUT2D eigenvalue weighted by atomic mass is 10.0. The van der Waals surface area contributed by atoms with E-state index in [-0.39, 0.29) is 12.8 Å². The highest BCUT2D eigenvalue weighted by molar-refractivity contribution is 5.77. The largest absolute Gasteiger partial charge is 0.481 e. The van der Waals surface area contributed by atoms with Crippen LogP contribution in [-0.4, -0.2) is 22.2 Å². The fourth-order valence-electron chi connectivity index (χ4n) is 2.15. The van der Waals surface area contributed by atoms with Crippen LogP contribution in [0.5, 0.6) is 0 Å². The summed E-state index contributed by atoms with van der Waals surface area (Å²) in [6.07, 6.45) is 17.5. The number of rotatable bonds is 14. The first kappa shape index (κ1) is 20.4. The van der Waals surface area contributed by atoms with Crippen molar-refractivity contribution in [2.45, 2.75) is 71.1 Å². The number of allylic oxidation sites excluding steroid dienone is 4. The second-order valence-electron chi connectivity index (χ2n) is 5.59. The van der Waals surface area contributed by atoms with Crippen molar-refractivity contribution in [1.29, 1.82) is 0 Å². The summed E-state index contributed by atoms with van der Waals surface area (Å²) in [5.74, 6) is -2.94. The molecule has 0 bridgehead atoms. The maximum Gasteiger partial charge on any atom is 0.307 e. The van der Waals surface area contributed by atoms with Crippen molar-refractivity contribution in [3.05, 3.63) is 24.3 Å². The van der Waals surface area contributed by atoms with Gasteiger partial charge in [0.25, 0.3) is 0 Å². The molecule has 0 aliphatic rings. The van der Waals surface area contributed by atoms with Gasteiger partial charge in [0.05, 0.1) is 12.3 Å². The zero-order chi connectivity index (χ0) is 16.6. The highest BCUT2D eigenvalue weighted by atomic mass is 16.4. The number of aliphatic carboxylic acids is 2. The highest BCUT2D eigenvalue weighted by Gasteiger charge is 2.18. The van der Waals surface area contributed by atoms with Crippen LogP contribution in [0.4, 0.5) is 0 Å². The fraction of sp³-hybridized carbons (Fsp3) is 0.667. The van der Waals surface area contributed by atoms with Gasteiger partial charge in [-0.05, 0) is 32.1 Å². The lowest BCUT2D eigenvalue weighted by Gasteiger charge is -2.05. The summed E-state index contributed by atoms with van der Waals surface area (Å²) >= 11 is 0. The average molecular weight is 310 g/mol. The van der Waals surface area contributed by atoms with Crippen molar-refractivity contribution < 1.29 is 19.8 Å². The molecule has 0 heterocycles. The van der Waals surface area contributed by atoms with E-state index in [1.165, 1.54) is 32.1 Å². The topological polar surface area (TPSA) is 74.6 Å². The van der Waals surface area contributed by atoms with Gasteiger partial charge in [0.15, 0.2) is 0 Å². The molecule has 0 aromatic heterocycles. The zero-order valence-corrected chi connectivity index (χ0v) is 13.7. The molecule has 4 heteroatoms. The summed E-state index contributed by atoms with van der Waals surface area (Å²) in [6.45, 7) is 2.22. The van der Waals surface area contributed by atoms with E-state index in [1.807, 2.05) is 6.08 Å². The van der Waals surface area contributed by atoms with Crippen molar-refractivity contribution in [2.75, 3.05) is 0 Å². The summed E-state index contributed by atoms with van der Waals surface area (Å²) < 4.78 is 0. The standard InChI is InChI=1S/C18H30O4/c1-2-3-4-5-6-7-8-9-10-11-12-13-14-16(18(21)22)15-17(19)20/h8-9,12-13,16H,2-7,10-11,14-15H2,1H3,(H,19,20)(H,21,22)/b9-8+,13-12+. The summed E-state index contributed by atoms with van der Waals surface area (Å²) in [5.41, 5.74) is 0. The van der Waals surface area contributed by atoms with Crippen molar-refractivity contribution in [2.24, 2.45) is 5.92 Å². The first-order chi connectivity index (χ1) is 10.6. The van der Waals surface area contributed by atoms with E-state index in [9.17, 15) is 9.59 Å². The summed E-state index contributed by atoms with van der Waals surface area (Å²) in [6, 6.07) is 0. The van der Waals surface area contributed by atoms with Gasteiger partial charge in [-0.3, -0.25) is 9.59 Å². The van der Waals surface area contributed by atoms with Gasteiger partial charge < -0.3 is 10.2 Å². The molecule has 0 spiro atoms. The Kier molecular flexibility index (Phi) is 13.3. The maximum atomic E-state index is 10.9. The molecule has 0 amide bonds. The number of unbranched alkanes of at least 4 members (excludes halogenated alkanes) is 6. The molecule has 0 saturated carbocycles. The van der Waals surface area contributed by atoms with Crippen molar-refractivity contribution in [1.82, 2.24) is 0 Å². The molecule has 0 aliphatic heterocycles. The second-order valence-corrected chi connectivity index (χ2v) is 5.59. The third kappa shape index (κ3) is 13.4. The minimum atomic E-state index is -1.07. The normalized spacial score (nSPS) is 13.0. The van der Waals surface area contributed by atoms with Gasteiger partial charge in [-0.2, -0.15) is 0 Å². The maximum absolute atomic E-state index is 10.9. The van der Waals surface area contributed by atoms with E-state index in [4.69, 9.17) is 10.2 Å². The molecular formula is C18H30O4. The third-order valence-electron chi connectivity index (χ3n) is 3.50. The molecule has 0 rings (SSSR count). The fourth-order valence-corrected chi connectivity index (χ4v) is 2.15. The van der Waals surface area contributed by atoms with E-state index in [0.29, 0.717) is 0 Å². The highest BCUT2D eigenvalue weighted by Crippen LogP contribution is 2.11. The van der Waals surface area contributed by atoms with Crippen LogP contribution in [0.15, 0.2) is 24.3 Å². The molecule has 22 heavy (non-hydrogen) atoms. The molecule has 1 unspecified atom stereocenters. The van der Waals surface area contributed by atoms with Crippen LogP contribution < -0.4 is 0 Å². The van der Waals surface area contributed by atoms with E-state index in [0.717, 1.165) is 19.3 Å². The van der Waals surface area contributed by atoms with E-state index in [2.05, 4.69) is 19.1 Å². The Hall–Kier alpha value is -1.58. The van der Waals surface area contributed by atoms with Crippen LogP contribution in [0, 0.1) is 5.92 Å². The number of carboxylic acids is 2. The minimum Gasteiger partial charge on any atom is -0.481 e. The molecule has 0 aliphatic carbocycles. The quantitative estimate of drug-likeness (QED) is 0.357. The van der Waals surface area contributed by atoms with E-state index >= 15 is 0 Å². The van der Waals surface area contributed by atoms with Crippen LogP contribution in [0.2, 0.25) is 0 Å². The number of hydrogen-bond donors (Lipinski definition) is 2. The summed E-state index contributed by atoms with van der Waals surface area (Å²) in [5, 5.41) is 17.5. The molecule has 126 valence electrons. The van der Waals surface area contributed by atoms with Crippen LogP contribution in [0.3, 0.4) is 0 Å². The van der Waals surface area contributed by atoms with Crippen LogP contribution in [0.25, 0.3) is 0 Å². The number of carbonyl (C=O) groups is 2. The molecule has 4 nitrogen and oxygen atoms in total. The number of carboxylic acid groups (broad SMARTS) is 2. The van der Waals surface area contributed by atoms with Crippen molar-refractivity contribution in [3.8, 4) is 0 Å². The van der Waals surface area contributed by atoms with Crippen LogP contribution in [0.1, 0.15) is 71.1 Å². The Morgan fingerprint density at radius 3 is 2.05 bits per heavy atom. The Labute approximate surface area is 133 Å². The monoisotopic (exact) mass is 310 g/mol. The van der Waals surface area contributed by atoms with Gasteiger partial charge in [-0.15, -0.1) is 0 Å². The summed E-state index contributed by atoms with van der Waals surface area (Å²) in [7, 11) is 0. The Morgan fingerprint density at radius 2 is 1.45 bits per heavy atom. The Bertz CT molecular complexity index is 358. The van der Waals surface area contributed by atoms with Crippen molar-refractivity contribution >= 4 is 11.9 Å². The SMILES string of the molecule is CCCCCCC/C=C/CC/C=C/CC(CC(=O)O)C(=O)O. The van der Waals surface area contributed by atoms with E-state index in [1.54, 1.807) is 6.08 Å². The molecule has 0 aromatic rings. The van der Waals surface area contributed by atoms with Crippen molar-refractivity contribution in [3.63, 3.8) is 0 Å². The van der Waals surface area contributed by atoms with E-state index < -0.39 is 17.9 Å². The van der Waals surface area contributed by atoms with Gasteiger partial charge in [-0.1, -0.05) is 56.9 Å². The number of hydrogen-bond acceptors (Lipinski definition) is 2. The molecular weight excluding hydrogens is 280 g/mol. The smallest absolute Gasteiger partial charge is 0.307 e. The predicted molar refractivity (Wildman–Crippen MR) is 88.9 cm³/mol. The lowest BCUT2D eigenvalue weighted by molar-refractivity contribution is -0.148. The zero-order valence-electron chi connectivity index (χ0n) is 13.7. The second kappa shape index (κ2) is 14.4. The first-order valence-electron chi connectivity index (χ1n) is 8.32. The average Bonchev–Trinajstić information content (AvgIpc) is 2.46. The summed E-state index contributed by atoms with van der Waals surface area (Å²) in [4.78, 5) is 21.4. The molecule has 2 N–H and O–H groups in total. The van der Waals surface area contributed by atoms with Crippen LogP contribution in [-0.2, 0) is 9.59 Å². The molecule has 0 aromatic carbocycles. The lowest BCUT2D eigenvalue weighted by Crippen LogP contribution is -2.16. The Morgan fingerprint density at radius 1 is 0.864 bits per heavy atom. The molecule has 0 radical (unpaired) electrons. The van der Waals surface area contributed by atoms with Gasteiger partial charge in [0.1, 0.15) is 0 Å². The minimum absolute atomic E-state index is 0.281. The first-order valence-corrected chi connectivity index (χ1v) is 8.32. The molecule has 0 fully saturated rings. The Balaban J connectivity index is 3.64. The van der Waals surface area contributed by atoms with Crippen LogP contribution >= 0.6 is 0 Å². The third-order valence-corrected chi connectivity index (χ3v) is 3.50.